The third-order valence-electron chi connectivity index (χ3n) is 2.56. The number of benzene rings is 1. The number of hydrogen-bond donors (Lipinski definition) is 1. The van der Waals surface area contributed by atoms with E-state index in [-0.39, 0.29) is 19.0 Å². The molecule has 4 nitrogen and oxygen atoms in total. The van der Waals surface area contributed by atoms with Crippen LogP contribution < -0.4 is 5.73 Å². The van der Waals surface area contributed by atoms with Crippen LogP contribution in [0.2, 0.25) is 0 Å². The van der Waals surface area contributed by atoms with Gasteiger partial charge in [-0.05, 0) is 6.92 Å². The van der Waals surface area contributed by atoms with Crippen molar-refractivity contribution in [2.24, 2.45) is 5.73 Å². The number of hydrogen-bond acceptors (Lipinski definition) is 3. The molecule has 0 radical (unpaired) electrons. The quantitative estimate of drug-likeness (QED) is 0.915. The fourth-order valence-electron chi connectivity index (χ4n) is 1.30. The largest absolute Gasteiger partial charge is 0.329 e. The number of rotatable bonds is 4. The summed E-state index contributed by atoms with van der Waals surface area (Å²) in [7, 11) is -3.24. The van der Waals surface area contributed by atoms with Crippen LogP contribution in [0.1, 0.15) is 6.92 Å². The average Bonchev–Trinajstić information content (AvgIpc) is 2.24. The molecule has 0 spiro atoms. The SMILES string of the molecule is CC(CN)N(C)S(=O)(=O)c1c(F)cc(F)cc1F.Cl. The molecule has 1 aromatic rings. The Bertz CT molecular complexity index is 531. The summed E-state index contributed by atoms with van der Waals surface area (Å²) in [6.07, 6.45) is 0. The Labute approximate surface area is 115 Å². The molecule has 2 N–H and O–H groups in total. The van der Waals surface area contributed by atoms with Crippen LogP contribution in [0.15, 0.2) is 17.0 Å². The van der Waals surface area contributed by atoms with Crippen LogP contribution in [0, 0.1) is 17.5 Å². The highest BCUT2D eigenvalue weighted by Crippen LogP contribution is 2.23. The monoisotopic (exact) mass is 318 g/mol. The minimum atomic E-state index is -4.39. The van der Waals surface area contributed by atoms with E-state index in [4.69, 9.17) is 5.73 Å². The van der Waals surface area contributed by atoms with Crippen molar-refractivity contribution in [3.8, 4) is 0 Å². The molecule has 110 valence electrons. The molecular weight excluding hydrogens is 305 g/mol. The van der Waals surface area contributed by atoms with Gasteiger partial charge in [-0.2, -0.15) is 4.31 Å². The lowest BCUT2D eigenvalue weighted by Gasteiger charge is -2.23. The van der Waals surface area contributed by atoms with Crippen molar-refractivity contribution in [2.45, 2.75) is 17.9 Å². The zero-order valence-electron chi connectivity index (χ0n) is 10.2. The van der Waals surface area contributed by atoms with Crippen molar-refractivity contribution < 1.29 is 21.6 Å². The van der Waals surface area contributed by atoms with Crippen molar-refractivity contribution in [2.75, 3.05) is 13.6 Å². The number of halogens is 4. The maximum Gasteiger partial charge on any atom is 0.248 e. The summed E-state index contributed by atoms with van der Waals surface area (Å²) in [5.74, 6) is -4.12. The van der Waals surface area contributed by atoms with Crippen molar-refractivity contribution in [3.05, 3.63) is 29.6 Å². The van der Waals surface area contributed by atoms with Crippen molar-refractivity contribution in [1.82, 2.24) is 4.31 Å². The maximum atomic E-state index is 13.4. The van der Waals surface area contributed by atoms with Crippen molar-refractivity contribution in [3.63, 3.8) is 0 Å². The van der Waals surface area contributed by atoms with Gasteiger partial charge < -0.3 is 5.73 Å². The summed E-state index contributed by atoms with van der Waals surface area (Å²) < 4.78 is 64.2. The molecule has 0 saturated heterocycles. The molecule has 0 aliphatic heterocycles. The van der Waals surface area contributed by atoms with E-state index in [1.807, 2.05) is 0 Å². The molecule has 1 atom stereocenters. The highest BCUT2D eigenvalue weighted by Gasteiger charge is 2.31. The molecule has 0 fully saturated rings. The molecule has 0 aliphatic carbocycles. The molecule has 0 aromatic heterocycles. The van der Waals surface area contributed by atoms with Gasteiger partial charge in [0.2, 0.25) is 10.0 Å². The van der Waals surface area contributed by atoms with Crippen LogP contribution in [-0.2, 0) is 10.0 Å². The Kier molecular flexibility index (Phi) is 6.27. The Hall–Kier alpha value is -0.830. The summed E-state index contributed by atoms with van der Waals surface area (Å²) in [5.41, 5.74) is 5.29. The van der Waals surface area contributed by atoms with Gasteiger partial charge in [0, 0.05) is 31.8 Å². The van der Waals surface area contributed by atoms with E-state index in [1.54, 1.807) is 0 Å². The van der Waals surface area contributed by atoms with E-state index in [0.717, 1.165) is 11.4 Å². The first-order valence-electron chi connectivity index (χ1n) is 5.04. The van der Waals surface area contributed by atoms with E-state index in [9.17, 15) is 21.6 Å². The Morgan fingerprint density at radius 3 is 2.05 bits per heavy atom. The molecule has 9 heteroatoms. The lowest BCUT2D eigenvalue weighted by Crippen LogP contribution is -2.40. The molecule has 1 rings (SSSR count). The highest BCUT2D eigenvalue weighted by molar-refractivity contribution is 7.89. The molecule has 0 heterocycles. The first kappa shape index (κ1) is 18.2. The number of sulfonamides is 1. The number of nitrogens with zero attached hydrogens (tertiary/aromatic N) is 1. The van der Waals surface area contributed by atoms with Gasteiger partial charge >= 0.3 is 0 Å². The lowest BCUT2D eigenvalue weighted by molar-refractivity contribution is 0.386. The van der Waals surface area contributed by atoms with Crippen molar-refractivity contribution in [1.29, 1.82) is 0 Å². The first-order valence-corrected chi connectivity index (χ1v) is 6.48. The van der Waals surface area contributed by atoms with Crippen LogP contribution in [-0.4, -0.2) is 32.4 Å². The fourth-order valence-corrected chi connectivity index (χ4v) is 2.76. The van der Waals surface area contributed by atoms with Gasteiger partial charge in [-0.1, -0.05) is 0 Å². The van der Waals surface area contributed by atoms with Crippen LogP contribution >= 0.6 is 12.4 Å². The molecule has 0 aliphatic rings. The molecule has 0 amide bonds. The Balaban J connectivity index is 0.00000324. The van der Waals surface area contributed by atoms with Gasteiger partial charge in [0.25, 0.3) is 0 Å². The third-order valence-corrected chi connectivity index (χ3v) is 4.59. The Morgan fingerprint density at radius 1 is 1.26 bits per heavy atom. The maximum absolute atomic E-state index is 13.4. The van der Waals surface area contributed by atoms with Crippen LogP contribution in [0.5, 0.6) is 0 Å². The van der Waals surface area contributed by atoms with E-state index in [0.29, 0.717) is 12.1 Å². The topological polar surface area (TPSA) is 63.4 Å². The molecule has 0 saturated carbocycles. The summed E-state index contributed by atoms with van der Waals surface area (Å²) in [4.78, 5) is -1.17. The van der Waals surface area contributed by atoms with E-state index in [1.165, 1.54) is 6.92 Å². The molecule has 0 bridgehead atoms. The van der Waals surface area contributed by atoms with Crippen LogP contribution in [0.4, 0.5) is 13.2 Å². The number of nitrogens with two attached hydrogens (primary N) is 1. The summed E-state index contributed by atoms with van der Waals surface area (Å²) >= 11 is 0. The summed E-state index contributed by atoms with van der Waals surface area (Å²) in [6, 6.07) is -0.00718. The second-order valence-electron chi connectivity index (χ2n) is 3.80. The zero-order chi connectivity index (χ0) is 14.1. The molecule has 1 aromatic carbocycles. The van der Waals surface area contributed by atoms with Gasteiger partial charge in [-0.25, -0.2) is 21.6 Å². The molecule has 1 unspecified atom stereocenters. The number of likely N-dealkylation sites (N-methyl/N-ethyl adjacent to an activating group) is 1. The van der Waals surface area contributed by atoms with Gasteiger partial charge in [0.05, 0.1) is 0 Å². The van der Waals surface area contributed by atoms with Crippen molar-refractivity contribution >= 4 is 22.4 Å². The standard InChI is InChI=1S/C10H13F3N2O2S.ClH/c1-6(5-14)15(2)18(16,17)10-8(12)3-7(11)4-9(10)13;/h3-4,6H,5,14H2,1-2H3;1H. The van der Waals surface area contributed by atoms with Gasteiger partial charge in [-0.15, -0.1) is 12.4 Å². The molecule has 19 heavy (non-hydrogen) atoms. The van der Waals surface area contributed by atoms with Crippen LogP contribution in [0.25, 0.3) is 0 Å². The predicted octanol–water partition coefficient (Wildman–Crippen LogP) is 1.49. The highest BCUT2D eigenvalue weighted by atomic mass is 35.5. The minimum absolute atomic E-state index is 0. The van der Waals surface area contributed by atoms with E-state index >= 15 is 0 Å². The third kappa shape index (κ3) is 3.59. The van der Waals surface area contributed by atoms with Gasteiger partial charge in [0.15, 0.2) is 4.90 Å². The van der Waals surface area contributed by atoms with E-state index in [2.05, 4.69) is 0 Å². The second kappa shape index (κ2) is 6.56. The summed E-state index contributed by atoms with van der Waals surface area (Å²) in [6.45, 7) is 1.47. The molecular formula is C10H14ClF3N2O2S. The fraction of sp³-hybridized carbons (Fsp3) is 0.400. The normalized spacial score (nSPS) is 13.2. The van der Waals surface area contributed by atoms with Gasteiger partial charge in [0.1, 0.15) is 17.5 Å². The summed E-state index contributed by atoms with van der Waals surface area (Å²) in [5, 5.41) is 0. The second-order valence-corrected chi connectivity index (χ2v) is 5.74. The smallest absolute Gasteiger partial charge is 0.248 e. The van der Waals surface area contributed by atoms with Crippen LogP contribution in [0.3, 0.4) is 0 Å². The zero-order valence-corrected chi connectivity index (χ0v) is 11.9. The predicted molar refractivity (Wildman–Crippen MR) is 67.0 cm³/mol. The Morgan fingerprint density at radius 2 is 1.68 bits per heavy atom. The van der Waals surface area contributed by atoms with Gasteiger partial charge in [-0.3, -0.25) is 0 Å². The first-order chi connectivity index (χ1) is 8.21. The average molecular weight is 319 g/mol. The van der Waals surface area contributed by atoms with E-state index < -0.39 is 38.4 Å². The minimum Gasteiger partial charge on any atom is -0.329 e. The lowest BCUT2D eigenvalue weighted by atomic mass is 10.3.